The molecule has 0 radical (unpaired) electrons. The molecule has 5 N–H and O–H groups in total. The van der Waals surface area contributed by atoms with Crippen molar-refractivity contribution in [2.24, 2.45) is 0 Å². The monoisotopic (exact) mass is 504 g/mol. The second kappa shape index (κ2) is 12.9. The van der Waals surface area contributed by atoms with Crippen molar-refractivity contribution in [2.45, 2.75) is 38.1 Å². The first-order valence-corrected chi connectivity index (χ1v) is 9.75. The third-order valence-corrected chi connectivity index (χ3v) is 4.23. The zero-order valence-corrected chi connectivity index (χ0v) is 17.3. The Balaban J connectivity index is 2.14. The summed E-state index contributed by atoms with van der Waals surface area (Å²) in [6, 6.07) is -0.161. The summed E-state index contributed by atoms with van der Waals surface area (Å²) in [6.07, 6.45) is 4.76. The maximum atomic E-state index is 11.9. The van der Waals surface area contributed by atoms with E-state index in [0.29, 0.717) is 25.1 Å². The minimum Gasteiger partial charge on any atom is -0.481 e. The number of amides is 3. The molecule has 0 saturated carbocycles. The van der Waals surface area contributed by atoms with Crippen LogP contribution < -0.4 is 16.0 Å². The molecule has 0 aliphatic carbocycles. The van der Waals surface area contributed by atoms with Crippen molar-refractivity contribution >= 4 is 46.5 Å². The number of urea groups is 1. The predicted octanol–water partition coefficient (Wildman–Crippen LogP) is 1.20. The summed E-state index contributed by atoms with van der Waals surface area (Å²) in [5.74, 6) is -2.60. The first-order valence-electron chi connectivity index (χ1n) is 8.67. The minimum atomic E-state index is -1.28. The topological polar surface area (TPSA) is 158 Å². The maximum Gasteiger partial charge on any atom is 0.326 e. The van der Waals surface area contributed by atoms with Gasteiger partial charge in [-0.15, -0.1) is 0 Å². The van der Waals surface area contributed by atoms with Crippen LogP contribution in [0.15, 0.2) is 18.5 Å². The molecule has 3 amide bonds. The summed E-state index contributed by atoms with van der Waals surface area (Å²) < 4.78 is 0.877. The van der Waals surface area contributed by atoms with E-state index in [4.69, 9.17) is 10.2 Å². The van der Waals surface area contributed by atoms with Crippen LogP contribution in [0.1, 0.15) is 42.5 Å². The summed E-state index contributed by atoms with van der Waals surface area (Å²) in [5, 5.41) is 25.1. The van der Waals surface area contributed by atoms with Crippen LogP contribution in [0.5, 0.6) is 0 Å². The van der Waals surface area contributed by atoms with Gasteiger partial charge in [0.1, 0.15) is 6.04 Å². The molecule has 0 bridgehead atoms. The molecule has 0 saturated heterocycles. The van der Waals surface area contributed by atoms with E-state index in [2.05, 4.69) is 43.5 Å². The zero-order valence-electron chi connectivity index (χ0n) is 15.1. The molecular formula is C17H23IN4O6. The number of carbonyl (C=O) groups excluding carboxylic acids is 2. The molecule has 1 heterocycles. The molecular weight excluding hydrogens is 481 g/mol. The zero-order chi connectivity index (χ0) is 20.9. The van der Waals surface area contributed by atoms with E-state index in [-0.39, 0.29) is 18.7 Å². The van der Waals surface area contributed by atoms with Gasteiger partial charge in [0.15, 0.2) is 0 Å². The maximum absolute atomic E-state index is 11.9. The predicted molar refractivity (Wildman–Crippen MR) is 108 cm³/mol. The van der Waals surface area contributed by atoms with Crippen LogP contribution in [0.2, 0.25) is 0 Å². The van der Waals surface area contributed by atoms with Crippen molar-refractivity contribution in [1.82, 2.24) is 20.9 Å². The second-order valence-electron chi connectivity index (χ2n) is 5.93. The van der Waals surface area contributed by atoms with E-state index in [0.717, 1.165) is 16.4 Å². The van der Waals surface area contributed by atoms with Crippen molar-refractivity contribution in [2.75, 3.05) is 13.1 Å². The van der Waals surface area contributed by atoms with Gasteiger partial charge in [-0.1, -0.05) is 0 Å². The largest absolute Gasteiger partial charge is 0.481 e. The molecule has 0 aromatic carbocycles. The summed E-state index contributed by atoms with van der Waals surface area (Å²) in [6.45, 7) is 0.832. The Morgan fingerprint density at radius 1 is 1.04 bits per heavy atom. The van der Waals surface area contributed by atoms with Crippen LogP contribution in [0.25, 0.3) is 0 Å². The number of nitrogens with one attached hydrogen (secondary N) is 3. The van der Waals surface area contributed by atoms with Crippen molar-refractivity contribution in [3.63, 3.8) is 0 Å². The van der Waals surface area contributed by atoms with Gasteiger partial charge < -0.3 is 26.2 Å². The molecule has 0 fully saturated rings. The average Bonchev–Trinajstić information content (AvgIpc) is 2.63. The highest BCUT2D eigenvalue weighted by Gasteiger charge is 2.20. The fraction of sp³-hybridized carbons (Fsp3) is 0.471. The van der Waals surface area contributed by atoms with Crippen LogP contribution in [-0.4, -0.2) is 58.2 Å². The lowest BCUT2D eigenvalue weighted by Crippen LogP contribution is -2.46. The number of hydrogen-bond acceptors (Lipinski definition) is 5. The third-order valence-electron chi connectivity index (χ3n) is 3.64. The van der Waals surface area contributed by atoms with Crippen LogP contribution in [0.4, 0.5) is 4.79 Å². The fourth-order valence-electron chi connectivity index (χ4n) is 2.20. The lowest BCUT2D eigenvalue weighted by molar-refractivity contribution is -0.140. The van der Waals surface area contributed by atoms with Crippen molar-refractivity contribution in [1.29, 1.82) is 0 Å². The Morgan fingerprint density at radius 3 is 2.32 bits per heavy atom. The number of aromatic nitrogens is 1. The smallest absolute Gasteiger partial charge is 0.326 e. The lowest BCUT2D eigenvalue weighted by atomic mass is 10.1. The van der Waals surface area contributed by atoms with E-state index in [1.165, 1.54) is 6.20 Å². The quantitative estimate of drug-likeness (QED) is 0.211. The van der Waals surface area contributed by atoms with Gasteiger partial charge in [-0.05, 0) is 54.3 Å². The molecule has 1 atom stereocenters. The first kappa shape index (κ1) is 23.6. The molecule has 0 aliphatic rings. The molecule has 1 rings (SSSR count). The number of hydrogen-bond donors (Lipinski definition) is 5. The Labute approximate surface area is 175 Å². The molecule has 0 spiro atoms. The molecule has 1 aromatic heterocycles. The molecule has 28 heavy (non-hydrogen) atoms. The average molecular weight is 504 g/mol. The molecule has 11 heteroatoms. The SMILES string of the molecule is O=C(O)CCC(NC(=O)NCCCCCNC(=O)c1cncc([125I])c1)C(=O)O. The van der Waals surface area contributed by atoms with E-state index in [1.54, 1.807) is 12.3 Å². The Kier molecular flexibility index (Phi) is 10.8. The number of carboxylic acids is 2. The van der Waals surface area contributed by atoms with Crippen LogP contribution in [-0.2, 0) is 9.59 Å². The standard InChI is InChI=1S/C17H23IN4O6/c18-12-8-11(9-19-10-12)15(25)20-6-2-1-3-7-21-17(28)22-13(16(26)27)4-5-14(23)24/h8-10,13H,1-7H2,(H,20,25)(H,23,24)(H,26,27)(H2,21,22,28)/i18-2. The molecule has 0 aliphatic heterocycles. The number of carbonyl (C=O) groups is 4. The highest BCUT2D eigenvalue weighted by atomic mass is 125. The van der Waals surface area contributed by atoms with Gasteiger partial charge in [0.2, 0.25) is 0 Å². The summed E-state index contributed by atoms with van der Waals surface area (Å²) in [7, 11) is 0. The number of rotatable bonds is 12. The van der Waals surface area contributed by atoms with Gasteiger partial charge in [-0.25, -0.2) is 9.59 Å². The highest BCUT2D eigenvalue weighted by molar-refractivity contribution is 14.1. The molecule has 10 nitrogen and oxygen atoms in total. The van der Waals surface area contributed by atoms with E-state index in [1.807, 2.05) is 0 Å². The summed E-state index contributed by atoms with van der Waals surface area (Å²) in [5.41, 5.74) is 0.501. The number of aliphatic carboxylic acids is 2. The van der Waals surface area contributed by atoms with Gasteiger partial charge in [0, 0.05) is 35.5 Å². The summed E-state index contributed by atoms with van der Waals surface area (Å²) >= 11 is 2.08. The number of nitrogens with zero attached hydrogens (tertiary/aromatic N) is 1. The van der Waals surface area contributed by atoms with Crippen molar-refractivity contribution in [3.8, 4) is 0 Å². The van der Waals surface area contributed by atoms with Crippen LogP contribution in [0, 0.1) is 3.57 Å². The van der Waals surface area contributed by atoms with Crippen LogP contribution in [0.3, 0.4) is 0 Å². The van der Waals surface area contributed by atoms with Gasteiger partial charge >= 0.3 is 18.0 Å². The van der Waals surface area contributed by atoms with Gasteiger partial charge in [-0.2, -0.15) is 0 Å². The van der Waals surface area contributed by atoms with E-state index < -0.39 is 24.0 Å². The Hall–Kier alpha value is -2.44. The third kappa shape index (κ3) is 10.0. The highest BCUT2D eigenvalue weighted by Crippen LogP contribution is 2.05. The lowest BCUT2D eigenvalue weighted by Gasteiger charge is -2.14. The number of pyridine rings is 1. The normalized spacial score (nSPS) is 11.3. The first-order chi connectivity index (χ1) is 13.3. The Bertz CT molecular complexity index is 700. The minimum absolute atomic E-state index is 0.187. The molecule has 1 unspecified atom stereocenters. The van der Waals surface area contributed by atoms with Gasteiger partial charge in [-0.3, -0.25) is 14.6 Å². The Morgan fingerprint density at radius 2 is 1.71 bits per heavy atom. The molecule has 1 aromatic rings. The molecule has 154 valence electrons. The van der Waals surface area contributed by atoms with Crippen molar-refractivity contribution < 1.29 is 29.4 Å². The summed E-state index contributed by atoms with van der Waals surface area (Å²) in [4.78, 5) is 49.0. The van der Waals surface area contributed by atoms with Crippen LogP contribution >= 0.6 is 22.6 Å². The van der Waals surface area contributed by atoms with Gasteiger partial charge in [0.05, 0.1) is 5.56 Å². The number of carboxylic acid groups (broad SMARTS) is 2. The van der Waals surface area contributed by atoms with Crippen molar-refractivity contribution in [3.05, 3.63) is 27.6 Å². The van der Waals surface area contributed by atoms with Gasteiger partial charge in [0.25, 0.3) is 5.91 Å². The fourth-order valence-corrected chi connectivity index (χ4v) is 2.70. The van der Waals surface area contributed by atoms with E-state index >= 15 is 0 Å². The van der Waals surface area contributed by atoms with E-state index in [9.17, 15) is 19.2 Å². The number of unbranched alkanes of at least 4 members (excludes halogenated alkanes) is 2. The second-order valence-corrected chi connectivity index (χ2v) is 7.18. The number of halogens is 1.